The molecule has 0 aliphatic carbocycles. The molecule has 11 heteroatoms. The van der Waals surface area contributed by atoms with E-state index in [0.29, 0.717) is 31.5 Å². The summed E-state index contributed by atoms with van der Waals surface area (Å²) in [7, 11) is -1.60. The molecule has 2 amide bonds. The zero-order chi connectivity index (χ0) is 21.2. The van der Waals surface area contributed by atoms with Crippen molar-refractivity contribution in [3.63, 3.8) is 0 Å². The number of amides is 2. The van der Waals surface area contributed by atoms with E-state index in [4.69, 9.17) is 0 Å². The Morgan fingerprint density at radius 1 is 1.10 bits per heavy atom. The van der Waals surface area contributed by atoms with E-state index in [1.54, 1.807) is 7.05 Å². The van der Waals surface area contributed by atoms with E-state index >= 15 is 0 Å². The van der Waals surface area contributed by atoms with Crippen LogP contribution in [0, 0.1) is 11.6 Å². The minimum atomic E-state index is -3.23. The van der Waals surface area contributed by atoms with Gasteiger partial charge in [-0.15, -0.1) is 0 Å². The van der Waals surface area contributed by atoms with Gasteiger partial charge in [0.15, 0.2) is 0 Å². The quantitative estimate of drug-likeness (QED) is 0.811. The molecule has 29 heavy (non-hydrogen) atoms. The van der Waals surface area contributed by atoms with Crippen LogP contribution in [-0.4, -0.2) is 66.1 Å². The molecule has 0 saturated carbocycles. The Hall–Kier alpha value is -2.66. The Morgan fingerprint density at radius 3 is 2.17 bits per heavy atom. The summed E-state index contributed by atoms with van der Waals surface area (Å²) in [4.78, 5) is 22.0. The number of sulfonamides is 1. The molecule has 1 N–H and O–H groups in total. The molecule has 1 aromatic heterocycles. The van der Waals surface area contributed by atoms with Crippen molar-refractivity contribution in [2.75, 3.05) is 31.7 Å². The highest BCUT2D eigenvalue weighted by atomic mass is 32.2. The first-order valence-corrected chi connectivity index (χ1v) is 10.8. The minimum Gasteiger partial charge on any atom is -0.324 e. The first-order chi connectivity index (χ1) is 13.6. The van der Waals surface area contributed by atoms with Gasteiger partial charge >= 0.3 is 6.03 Å². The number of piperidine rings is 1. The smallest absolute Gasteiger partial charge is 0.324 e. The van der Waals surface area contributed by atoms with Crippen LogP contribution >= 0.6 is 0 Å². The molecular formula is C18H21F2N5O3S. The first kappa shape index (κ1) is 21.1. The number of nitrogens with one attached hydrogen (secondary N) is 1. The van der Waals surface area contributed by atoms with Crippen molar-refractivity contribution >= 4 is 22.0 Å². The second kappa shape index (κ2) is 8.37. The summed E-state index contributed by atoms with van der Waals surface area (Å²) in [6.45, 7) is 0.715. The van der Waals surface area contributed by atoms with Gasteiger partial charge in [0, 0.05) is 50.2 Å². The van der Waals surface area contributed by atoms with E-state index in [0.717, 1.165) is 18.2 Å². The van der Waals surface area contributed by atoms with E-state index in [2.05, 4.69) is 15.3 Å². The molecule has 1 aliphatic heterocycles. The predicted octanol–water partition coefficient (Wildman–Crippen LogP) is 2.31. The zero-order valence-electron chi connectivity index (χ0n) is 16.0. The number of halogens is 2. The topological polar surface area (TPSA) is 95.5 Å². The molecule has 8 nitrogen and oxygen atoms in total. The van der Waals surface area contributed by atoms with Crippen molar-refractivity contribution in [3.05, 3.63) is 42.2 Å². The first-order valence-electron chi connectivity index (χ1n) is 8.91. The number of rotatable bonds is 4. The van der Waals surface area contributed by atoms with Crippen LogP contribution < -0.4 is 5.32 Å². The lowest BCUT2D eigenvalue weighted by atomic mass is 10.1. The minimum absolute atomic E-state index is 0.0519. The molecule has 2 aromatic rings. The average Bonchev–Trinajstić information content (AvgIpc) is 2.66. The molecule has 1 aliphatic rings. The summed E-state index contributed by atoms with van der Waals surface area (Å²) >= 11 is 0. The number of hydrogen-bond donors (Lipinski definition) is 1. The third-order valence-electron chi connectivity index (χ3n) is 4.83. The van der Waals surface area contributed by atoms with E-state index in [9.17, 15) is 22.0 Å². The number of carbonyl (C=O) groups is 1. The van der Waals surface area contributed by atoms with E-state index in [1.807, 2.05) is 0 Å². The van der Waals surface area contributed by atoms with Crippen molar-refractivity contribution < 1.29 is 22.0 Å². The lowest BCUT2D eigenvalue weighted by Crippen LogP contribution is -2.48. The molecule has 1 fully saturated rings. The summed E-state index contributed by atoms with van der Waals surface area (Å²) in [6.07, 6.45) is 4.95. The predicted molar refractivity (Wildman–Crippen MR) is 104 cm³/mol. The molecule has 3 rings (SSSR count). The number of benzene rings is 1. The summed E-state index contributed by atoms with van der Waals surface area (Å²) in [5.74, 6) is -1.36. The standard InChI is InChI=1S/C18H21F2N5O3S/c1-24(16-3-5-25(6-4-16)29(2,27)28)18(26)23-17-21-10-13(11-22-17)12-7-14(19)9-15(20)8-12/h7-11,16H,3-6H2,1-2H3,(H,21,22,23,26). The van der Waals surface area contributed by atoms with Crippen LogP contribution in [-0.2, 0) is 10.0 Å². The molecule has 0 unspecified atom stereocenters. The Labute approximate surface area is 167 Å². The summed E-state index contributed by atoms with van der Waals surface area (Å²) in [5.41, 5.74) is 0.693. The van der Waals surface area contributed by atoms with Crippen LogP contribution in [0.25, 0.3) is 11.1 Å². The fraction of sp³-hybridized carbons (Fsp3) is 0.389. The molecule has 156 valence electrons. The van der Waals surface area contributed by atoms with Gasteiger partial charge in [-0.05, 0) is 30.5 Å². The fourth-order valence-electron chi connectivity index (χ4n) is 3.17. The Kier molecular flexibility index (Phi) is 6.08. The molecule has 0 radical (unpaired) electrons. The van der Waals surface area contributed by atoms with Crippen LogP contribution in [0.1, 0.15) is 12.8 Å². The number of hydrogen-bond acceptors (Lipinski definition) is 5. The summed E-state index contributed by atoms with van der Waals surface area (Å²) in [6, 6.07) is 2.57. The van der Waals surface area contributed by atoms with E-state index in [-0.39, 0.29) is 17.6 Å². The second-order valence-corrected chi connectivity index (χ2v) is 8.87. The van der Waals surface area contributed by atoms with Crippen LogP contribution in [0.5, 0.6) is 0 Å². The summed E-state index contributed by atoms with van der Waals surface area (Å²) < 4.78 is 51.2. The Bertz CT molecular complexity index is 973. The highest BCUT2D eigenvalue weighted by Crippen LogP contribution is 2.21. The fourth-order valence-corrected chi connectivity index (χ4v) is 4.05. The van der Waals surface area contributed by atoms with Gasteiger partial charge in [-0.1, -0.05) is 0 Å². The van der Waals surface area contributed by atoms with Crippen molar-refractivity contribution in [3.8, 4) is 11.1 Å². The lowest BCUT2D eigenvalue weighted by molar-refractivity contribution is 0.174. The van der Waals surface area contributed by atoms with Gasteiger partial charge in [-0.25, -0.2) is 36.3 Å². The van der Waals surface area contributed by atoms with Gasteiger partial charge in [0.2, 0.25) is 16.0 Å². The monoisotopic (exact) mass is 425 g/mol. The molecule has 0 bridgehead atoms. The second-order valence-electron chi connectivity index (χ2n) is 6.89. The number of anilines is 1. The SMILES string of the molecule is CN(C(=O)Nc1ncc(-c2cc(F)cc(F)c2)cn1)C1CCN(S(C)(=O)=O)CC1. The number of urea groups is 1. The van der Waals surface area contributed by atoms with Crippen LogP contribution in [0.15, 0.2) is 30.6 Å². The van der Waals surface area contributed by atoms with Gasteiger partial charge in [0.1, 0.15) is 11.6 Å². The largest absolute Gasteiger partial charge is 0.324 e. The van der Waals surface area contributed by atoms with Crippen molar-refractivity contribution in [1.82, 2.24) is 19.2 Å². The van der Waals surface area contributed by atoms with Crippen molar-refractivity contribution in [2.24, 2.45) is 0 Å². The van der Waals surface area contributed by atoms with Crippen LogP contribution in [0.2, 0.25) is 0 Å². The Balaban J connectivity index is 1.60. The molecular weight excluding hydrogens is 404 g/mol. The Morgan fingerprint density at radius 2 is 1.66 bits per heavy atom. The third-order valence-corrected chi connectivity index (χ3v) is 6.13. The maximum absolute atomic E-state index is 13.3. The number of carbonyl (C=O) groups excluding carboxylic acids is 1. The normalized spacial score (nSPS) is 15.9. The summed E-state index contributed by atoms with van der Waals surface area (Å²) in [5, 5.41) is 2.57. The van der Waals surface area contributed by atoms with Gasteiger partial charge in [-0.3, -0.25) is 5.32 Å². The van der Waals surface area contributed by atoms with Gasteiger partial charge < -0.3 is 4.90 Å². The number of nitrogens with zero attached hydrogens (tertiary/aromatic N) is 4. The lowest BCUT2D eigenvalue weighted by Gasteiger charge is -2.35. The van der Waals surface area contributed by atoms with E-state index < -0.39 is 27.7 Å². The molecule has 1 aromatic carbocycles. The van der Waals surface area contributed by atoms with Gasteiger partial charge in [0.05, 0.1) is 6.26 Å². The third kappa shape index (κ3) is 5.24. The van der Waals surface area contributed by atoms with Crippen molar-refractivity contribution in [2.45, 2.75) is 18.9 Å². The molecule has 1 saturated heterocycles. The highest BCUT2D eigenvalue weighted by Gasteiger charge is 2.29. The number of aromatic nitrogens is 2. The molecule has 2 heterocycles. The highest BCUT2D eigenvalue weighted by molar-refractivity contribution is 7.88. The van der Waals surface area contributed by atoms with Gasteiger partial charge in [0.25, 0.3) is 0 Å². The van der Waals surface area contributed by atoms with Gasteiger partial charge in [-0.2, -0.15) is 0 Å². The average molecular weight is 425 g/mol. The van der Waals surface area contributed by atoms with Crippen molar-refractivity contribution in [1.29, 1.82) is 0 Å². The maximum Gasteiger partial charge on any atom is 0.324 e. The maximum atomic E-state index is 13.3. The zero-order valence-corrected chi connectivity index (χ0v) is 16.8. The molecule has 0 spiro atoms. The van der Waals surface area contributed by atoms with Crippen LogP contribution in [0.3, 0.4) is 0 Å². The molecule has 0 atom stereocenters. The van der Waals surface area contributed by atoms with Crippen LogP contribution in [0.4, 0.5) is 19.5 Å². The van der Waals surface area contributed by atoms with E-state index in [1.165, 1.54) is 27.9 Å².